The summed E-state index contributed by atoms with van der Waals surface area (Å²) < 4.78 is 13.2. The van der Waals surface area contributed by atoms with Crippen LogP contribution in [0.3, 0.4) is 0 Å². The molecule has 0 aliphatic heterocycles. The molecular weight excluding hydrogens is 309 g/mol. The number of benzene rings is 2. The standard InChI is InChI=1S/C19H20FNO3/c1-3-19(18(23)24,14-7-5-4-6-8-14)12-21-17(22)16-10-9-15(20)11-13(16)2/h4-11H,3,12H2,1-2H3,(H,21,22)(H,23,24). The van der Waals surface area contributed by atoms with Crippen molar-refractivity contribution in [3.05, 3.63) is 71.0 Å². The van der Waals surface area contributed by atoms with Crippen LogP contribution in [0.1, 0.15) is 34.8 Å². The molecule has 2 N–H and O–H groups in total. The topological polar surface area (TPSA) is 66.4 Å². The molecule has 5 heteroatoms. The van der Waals surface area contributed by atoms with E-state index in [1.165, 1.54) is 18.2 Å². The largest absolute Gasteiger partial charge is 0.481 e. The Morgan fingerprint density at radius 3 is 2.38 bits per heavy atom. The number of carboxylic acids is 1. The Labute approximate surface area is 140 Å². The molecule has 0 spiro atoms. The molecule has 0 heterocycles. The van der Waals surface area contributed by atoms with Gasteiger partial charge in [0.1, 0.15) is 11.2 Å². The lowest BCUT2D eigenvalue weighted by Crippen LogP contribution is -2.46. The van der Waals surface area contributed by atoms with Crippen LogP contribution in [0.15, 0.2) is 48.5 Å². The summed E-state index contributed by atoms with van der Waals surface area (Å²) in [4.78, 5) is 24.3. The molecule has 0 saturated carbocycles. The number of rotatable bonds is 6. The summed E-state index contributed by atoms with van der Waals surface area (Å²) in [5, 5.41) is 12.4. The Morgan fingerprint density at radius 1 is 1.17 bits per heavy atom. The maximum Gasteiger partial charge on any atom is 0.315 e. The van der Waals surface area contributed by atoms with Crippen molar-refractivity contribution in [2.24, 2.45) is 0 Å². The lowest BCUT2D eigenvalue weighted by atomic mass is 9.78. The summed E-state index contributed by atoms with van der Waals surface area (Å²) in [7, 11) is 0. The molecule has 24 heavy (non-hydrogen) atoms. The summed E-state index contributed by atoms with van der Waals surface area (Å²) in [5.41, 5.74) is 0.269. The number of nitrogens with one attached hydrogen (secondary N) is 1. The molecule has 126 valence electrons. The normalized spacial score (nSPS) is 13.1. The van der Waals surface area contributed by atoms with E-state index in [1.54, 1.807) is 38.1 Å². The van der Waals surface area contributed by atoms with E-state index in [-0.39, 0.29) is 6.54 Å². The lowest BCUT2D eigenvalue weighted by Gasteiger charge is -2.29. The Bertz CT molecular complexity index is 746. The summed E-state index contributed by atoms with van der Waals surface area (Å²) >= 11 is 0. The molecule has 0 aliphatic rings. The Morgan fingerprint density at radius 2 is 1.83 bits per heavy atom. The summed E-state index contributed by atoms with van der Waals surface area (Å²) in [5.74, 6) is -1.82. The molecule has 0 aliphatic carbocycles. The number of aryl methyl sites for hydroxylation is 1. The minimum Gasteiger partial charge on any atom is -0.481 e. The third kappa shape index (κ3) is 3.45. The second-order valence-electron chi connectivity index (χ2n) is 5.75. The lowest BCUT2D eigenvalue weighted by molar-refractivity contribution is -0.143. The maximum absolute atomic E-state index is 13.2. The van der Waals surface area contributed by atoms with E-state index in [9.17, 15) is 19.1 Å². The molecule has 0 radical (unpaired) electrons. The molecule has 2 aromatic rings. The first-order chi connectivity index (χ1) is 11.4. The third-order valence-electron chi connectivity index (χ3n) is 4.32. The van der Waals surface area contributed by atoms with Gasteiger partial charge in [-0.05, 0) is 42.7 Å². The molecule has 1 amide bonds. The van der Waals surface area contributed by atoms with Gasteiger partial charge in [-0.2, -0.15) is 0 Å². The van der Waals surface area contributed by atoms with E-state index < -0.39 is 23.1 Å². The molecular formula is C19H20FNO3. The molecule has 0 bridgehead atoms. The molecule has 4 nitrogen and oxygen atoms in total. The predicted molar refractivity (Wildman–Crippen MR) is 89.5 cm³/mol. The Balaban J connectivity index is 2.25. The number of carbonyl (C=O) groups is 2. The second kappa shape index (κ2) is 7.25. The van der Waals surface area contributed by atoms with Crippen LogP contribution >= 0.6 is 0 Å². The van der Waals surface area contributed by atoms with Crippen LogP contribution in [0, 0.1) is 12.7 Å². The second-order valence-corrected chi connectivity index (χ2v) is 5.75. The van der Waals surface area contributed by atoms with Crippen molar-refractivity contribution in [3.63, 3.8) is 0 Å². The van der Waals surface area contributed by atoms with Crippen LogP contribution in [-0.2, 0) is 10.2 Å². The number of hydrogen-bond acceptors (Lipinski definition) is 2. The molecule has 0 fully saturated rings. The number of halogens is 1. The smallest absolute Gasteiger partial charge is 0.315 e. The molecule has 1 unspecified atom stereocenters. The fourth-order valence-corrected chi connectivity index (χ4v) is 2.75. The summed E-state index contributed by atoms with van der Waals surface area (Å²) in [6.07, 6.45) is 0.328. The van der Waals surface area contributed by atoms with Crippen molar-refractivity contribution in [3.8, 4) is 0 Å². The average Bonchev–Trinajstić information content (AvgIpc) is 2.56. The first-order valence-corrected chi connectivity index (χ1v) is 7.74. The van der Waals surface area contributed by atoms with E-state index in [1.807, 2.05) is 6.07 Å². The highest BCUT2D eigenvalue weighted by Crippen LogP contribution is 2.28. The van der Waals surface area contributed by atoms with Gasteiger partial charge in [-0.1, -0.05) is 37.3 Å². The maximum atomic E-state index is 13.2. The van der Waals surface area contributed by atoms with Crippen molar-refractivity contribution in [1.82, 2.24) is 5.32 Å². The number of carboxylic acid groups (broad SMARTS) is 1. The minimum atomic E-state index is -1.20. The van der Waals surface area contributed by atoms with Gasteiger partial charge >= 0.3 is 5.97 Å². The molecule has 1 atom stereocenters. The highest BCUT2D eigenvalue weighted by atomic mass is 19.1. The summed E-state index contributed by atoms with van der Waals surface area (Å²) in [6, 6.07) is 12.7. The SMILES string of the molecule is CCC(CNC(=O)c1ccc(F)cc1C)(C(=O)O)c1ccccc1. The third-order valence-corrected chi connectivity index (χ3v) is 4.32. The Hall–Kier alpha value is -2.69. The predicted octanol–water partition coefficient (Wildman–Crippen LogP) is 3.30. The zero-order valence-electron chi connectivity index (χ0n) is 13.7. The van der Waals surface area contributed by atoms with Crippen molar-refractivity contribution in [2.45, 2.75) is 25.7 Å². The quantitative estimate of drug-likeness (QED) is 0.854. The molecule has 0 aromatic heterocycles. The fraction of sp³-hybridized carbons (Fsp3) is 0.263. The first kappa shape index (κ1) is 17.7. The van der Waals surface area contributed by atoms with E-state index in [0.717, 1.165) is 0 Å². The molecule has 2 aromatic carbocycles. The molecule has 2 rings (SSSR count). The van der Waals surface area contributed by atoms with Gasteiger partial charge in [0.15, 0.2) is 0 Å². The van der Waals surface area contributed by atoms with E-state index in [2.05, 4.69) is 5.32 Å². The first-order valence-electron chi connectivity index (χ1n) is 7.74. The fourth-order valence-electron chi connectivity index (χ4n) is 2.75. The van der Waals surface area contributed by atoms with Gasteiger partial charge in [0.2, 0.25) is 0 Å². The highest BCUT2D eigenvalue weighted by molar-refractivity contribution is 5.96. The van der Waals surface area contributed by atoms with Gasteiger partial charge < -0.3 is 10.4 Å². The number of carbonyl (C=O) groups excluding carboxylic acids is 1. The molecule has 0 saturated heterocycles. The van der Waals surface area contributed by atoms with Crippen molar-refractivity contribution in [2.75, 3.05) is 6.54 Å². The number of hydrogen-bond donors (Lipinski definition) is 2. The summed E-state index contributed by atoms with van der Waals surface area (Å²) in [6.45, 7) is 3.37. The van der Waals surface area contributed by atoms with Gasteiger partial charge in [-0.15, -0.1) is 0 Å². The van der Waals surface area contributed by atoms with Crippen molar-refractivity contribution >= 4 is 11.9 Å². The number of aliphatic carboxylic acids is 1. The van der Waals surface area contributed by atoms with Crippen molar-refractivity contribution < 1.29 is 19.1 Å². The zero-order chi connectivity index (χ0) is 17.7. The minimum absolute atomic E-state index is 0.0432. The van der Waals surface area contributed by atoms with Gasteiger partial charge in [0, 0.05) is 12.1 Å². The van der Waals surface area contributed by atoms with Gasteiger partial charge in [0.05, 0.1) is 0 Å². The Kier molecular flexibility index (Phi) is 5.34. The zero-order valence-corrected chi connectivity index (χ0v) is 13.7. The van der Waals surface area contributed by atoms with Gasteiger partial charge in [0.25, 0.3) is 5.91 Å². The van der Waals surface area contributed by atoms with Crippen LogP contribution in [-0.4, -0.2) is 23.5 Å². The van der Waals surface area contributed by atoms with Gasteiger partial charge in [-0.25, -0.2) is 4.39 Å². The van der Waals surface area contributed by atoms with Gasteiger partial charge in [-0.3, -0.25) is 9.59 Å². The van der Waals surface area contributed by atoms with Crippen LogP contribution < -0.4 is 5.32 Å². The highest BCUT2D eigenvalue weighted by Gasteiger charge is 2.39. The van der Waals surface area contributed by atoms with Crippen molar-refractivity contribution in [1.29, 1.82) is 0 Å². The van der Waals surface area contributed by atoms with E-state index in [4.69, 9.17) is 0 Å². The van der Waals surface area contributed by atoms with Crippen LogP contribution in [0.2, 0.25) is 0 Å². The van der Waals surface area contributed by atoms with E-state index >= 15 is 0 Å². The monoisotopic (exact) mass is 329 g/mol. The number of amides is 1. The van der Waals surface area contributed by atoms with Crippen LogP contribution in [0.4, 0.5) is 4.39 Å². The van der Waals surface area contributed by atoms with Crippen LogP contribution in [0.5, 0.6) is 0 Å². The van der Waals surface area contributed by atoms with E-state index in [0.29, 0.717) is 23.1 Å². The van der Waals surface area contributed by atoms with Crippen LogP contribution in [0.25, 0.3) is 0 Å². The average molecular weight is 329 g/mol.